The van der Waals surface area contributed by atoms with Crippen molar-refractivity contribution in [3.05, 3.63) is 0 Å². The van der Waals surface area contributed by atoms with Crippen LogP contribution in [0.2, 0.25) is 0 Å². The highest BCUT2D eigenvalue weighted by molar-refractivity contribution is 5.87. The molecule has 0 bridgehead atoms. The molecule has 0 rings (SSSR count). The average molecular weight is 228 g/mol. The van der Waals surface area contributed by atoms with Gasteiger partial charge in [-0.05, 0) is 0 Å². The summed E-state index contributed by atoms with van der Waals surface area (Å²) in [6.45, 7) is 0. The van der Waals surface area contributed by atoms with E-state index in [1.54, 1.807) is 0 Å². The molecule has 15 heavy (non-hydrogen) atoms. The lowest BCUT2D eigenvalue weighted by Gasteiger charge is -2.21. The fourth-order valence-electron chi connectivity index (χ4n) is 0.703. The van der Waals surface area contributed by atoms with Gasteiger partial charge in [-0.15, -0.1) is 0 Å². The maximum Gasteiger partial charge on any atom is 0.336 e. The zero-order valence-electron chi connectivity index (χ0n) is 9.39. The molecule has 92 valence electrons. The minimum Gasteiger partial charge on any atom is -1.00 e. The lowest BCUT2D eigenvalue weighted by molar-refractivity contribution is -0.309. The highest BCUT2D eigenvalue weighted by Crippen LogP contribution is 2.15. The Morgan fingerprint density at radius 1 is 1.13 bits per heavy atom. The first-order chi connectivity index (χ1) is 5.78. The van der Waals surface area contributed by atoms with Crippen LogP contribution in [-0.2, 0) is 14.4 Å². The van der Waals surface area contributed by atoms with Crippen molar-refractivity contribution in [3.8, 4) is 0 Å². The molecule has 0 saturated carbocycles. The first-order valence-electron chi connectivity index (χ1n) is 3.15. The Morgan fingerprint density at radius 2 is 1.53 bits per heavy atom. The molecule has 0 aromatic heterocycles. The molecule has 0 amide bonds. The quantitative estimate of drug-likeness (QED) is 0.367. The van der Waals surface area contributed by atoms with Crippen molar-refractivity contribution in [2.45, 2.75) is 18.4 Å². The van der Waals surface area contributed by atoms with E-state index in [1.165, 1.54) is 0 Å². The Bertz CT molecular complexity index is 241. The molecule has 0 saturated heterocycles. The number of carbonyl (C=O) groups excluding carboxylic acids is 1. The van der Waals surface area contributed by atoms with Gasteiger partial charge in [-0.25, -0.2) is 4.79 Å². The van der Waals surface area contributed by atoms with E-state index in [2.05, 4.69) is 0 Å². The van der Waals surface area contributed by atoms with Crippen LogP contribution in [0.25, 0.3) is 0 Å². The number of aliphatic carboxylic acids is 3. The number of rotatable bonds is 5. The van der Waals surface area contributed by atoms with Crippen molar-refractivity contribution in [2.24, 2.45) is 0 Å². The second-order valence-corrected chi connectivity index (χ2v) is 2.46. The average Bonchev–Trinajstić information content (AvgIpc) is 1.82. The van der Waals surface area contributed by atoms with E-state index < -0.39 is 36.4 Å². The Labute approximate surface area is 86.0 Å². The number of carboxylic acid groups (broad SMARTS) is 3. The van der Waals surface area contributed by atoms with Gasteiger partial charge in [-0.1, -0.05) is 0 Å². The fraction of sp³-hybridized carbons (Fsp3) is 0.500. The Morgan fingerprint density at radius 3 is 1.73 bits per heavy atom. The number of carbonyl (C=O) groups is 3. The second-order valence-electron chi connectivity index (χ2n) is 2.46. The third-order valence-corrected chi connectivity index (χ3v) is 1.28. The number of hydrogen-bond acceptors (Lipinski definition) is 5. The predicted molar refractivity (Wildman–Crippen MR) is 47.5 cm³/mol. The molecule has 11 N–H and O–H groups in total. The third-order valence-electron chi connectivity index (χ3n) is 1.28. The third kappa shape index (κ3) is 6.37. The van der Waals surface area contributed by atoms with Gasteiger partial charge in [0.05, 0.1) is 6.42 Å². The van der Waals surface area contributed by atoms with E-state index in [0.717, 1.165) is 0 Å². The van der Waals surface area contributed by atoms with E-state index >= 15 is 0 Å². The SMILES string of the molecule is O=C([O-])CC(O)(CC(=O)O)C(=O)O.[H-].[NH4+].[NH4+]. The Hall–Kier alpha value is -1.71. The molecule has 9 nitrogen and oxygen atoms in total. The molecule has 1 atom stereocenters. The first kappa shape index (κ1) is 19.0. The van der Waals surface area contributed by atoms with Gasteiger partial charge in [0.25, 0.3) is 0 Å². The maximum absolute atomic E-state index is 10.3. The van der Waals surface area contributed by atoms with Gasteiger partial charge in [0, 0.05) is 12.4 Å². The molecule has 0 aliphatic carbocycles. The molecule has 0 aliphatic heterocycles. The van der Waals surface area contributed by atoms with Crippen LogP contribution >= 0.6 is 0 Å². The lowest BCUT2D eigenvalue weighted by atomic mass is 9.96. The number of carboxylic acids is 3. The number of hydrogen-bond donors (Lipinski definition) is 5. The molecule has 0 aromatic rings. The standard InChI is InChI=1S/C6H8O7.2H3N.H/c7-3(8)1-6(13,5(11)12)2-4(9)10;;;/h13H,1-2H2,(H,7,8)(H,9,10)(H,11,12);2*1H3;/q;;;-1/p+1. The Kier molecular flexibility index (Phi) is 8.47. The van der Waals surface area contributed by atoms with Crippen LogP contribution in [0, 0.1) is 0 Å². The molecule has 1 unspecified atom stereocenters. The molecular formula is C6H16N2O7. The summed E-state index contributed by atoms with van der Waals surface area (Å²) in [4.78, 5) is 30.3. The number of quaternary nitrogens is 2. The van der Waals surface area contributed by atoms with Gasteiger partial charge in [0.15, 0.2) is 5.60 Å². The summed E-state index contributed by atoms with van der Waals surface area (Å²) >= 11 is 0. The van der Waals surface area contributed by atoms with Crippen molar-refractivity contribution in [3.63, 3.8) is 0 Å². The smallest absolute Gasteiger partial charge is 0.336 e. The number of aliphatic hydroxyl groups is 1. The topological polar surface area (TPSA) is 208 Å². The van der Waals surface area contributed by atoms with E-state index in [1.807, 2.05) is 0 Å². The summed E-state index contributed by atoms with van der Waals surface area (Å²) in [6, 6.07) is 0. The summed E-state index contributed by atoms with van der Waals surface area (Å²) in [5, 5.41) is 35.5. The zero-order valence-corrected chi connectivity index (χ0v) is 8.39. The second kappa shape index (κ2) is 6.70. The van der Waals surface area contributed by atoms with E-state index in [-0.39, 0.29) is 13.7 Å². The largest absolute Gasteiger partial charge is 1.00 e. The molecule has 0 heterocycles. The minimum absolute atomic E-state index is 0. The summed E-state index contributed by atoms with van der Waals surface area (Å²) in [7, 11) is 0. The van der Waals surface area contributed by atoms with Crippen molar-refractivity contribution in [2.75, 3.05) is 0 Å². The van der Waals surface area contributed by atoms with Crippen LogP contribution in [0.4, 0.5) is 0 Å². The van der Waals surface area contributed by atoms with Gasteiger partial charge in [0.2, 0.25) is 0 Å². The monoisotopic (exact) mass is 228 g/mol. The van der Waals surface area contributed by atoms with Crippen LogP contribution in [-0.4, -0.2) is 38.8 Å². The van der Waals surface area contributed by atoms with Gasteiger partial charge in [0.1, 0.15) is 0 Å². The van der Waals surface area contributed by atoms with Crippen LogP contribution in [0.15, 0.2) is 0 Å². The van der Waals surface area contributed by atoms with Gasteiger partial charge < -0.3 is 38.9 Å². The molecule has 0 fully saturated rings. The van der Waals surface area contributed by atoms with Crippen LogP contribution in [0.1, 0.15) is 14.3 Å². The first-order valence-corrected chi connectivity index (χ1v) is 3.15. The molecule has 0 aromatic carbocycles. The van der Waals surface area contributed by atoms with Crippen molar-refractivity contribution in [1.29, 1.82) is 0 Å². The summed E-state index contributed by atoms with van der Waals surface area (Å²) < 4.78 is 0. The van der Waals surface area contributed by atoms with Gasteiger partial charge in [-0.2, -0.15) is 0 Å². The molecule has 9 heteroatoms. The van der Waals surface area contributed by atoms with Crippen LogP contribution in [0.3, 0.4) is 0 Å². The maximum atomic E-state index is 10.3. The van der Waals surface area contributed by atoms with Gasteiger partial charge in [-0.3, -0.25) is 4.79 Å². The highest BCUT2D eigenvalue weighted by atomic mass is 16.4. The van der Waals surface area contributed by atoms with E-state index in [0.29, 0.717) is 0 Å². The fourth-order valence-corrected chi connectivity index (χ4v) is 0.703. The van der Waals surface area contributed by atoms with Gasteiger partial charge >= 0.3 is 11.9 Å². The van der Waals surface area contributed by atoms with Crippen LogP contribution < -0.4 is 17.4 Å². The van der Waals surface area contributed by atoms with Crippen molar-refractivity contribution < 1.29 is 36.2 Å². The summed E-state index contributed by atoms with van der Waals surface area (Å²) in [5.41, 5.74) is -2.80. The summed E-state index contributed by atoms with van der Waals surface area (Å²) in [6.07, 6.45) is -2.44. The highest BCUT2D eigenvalue weighted by Gasteiger charge is 2.38. The molecule has 0 aliphatic rings. The molecular weight excluding hydrogens is 212 g/mol. The normalized spacial score (nSPS) is 12.6. The summed E-state index contributed by atoms with van der Waals surface area (Å²) in [5.74, 6) is -5.34. The molecule has 0 spiro atoms. The lowest BCUT2D eigenvalue weighted by Crippen LogP contribution is -2.45. The van der Waals surface area contributed by atoms with Crippen LogP contribution in [0.5, 0.6) is 0 Å². The zero-order chi connectivity index (χ0) is 10.6. The predicted octanol–water partition coefficient (Wildman–Crippen LogP) is -1.72. The van der Waals surface area contributed by atoms with E-state index in [4.69, 9.17) is 15.3 Å². The molecule has 0 radical (unpaired) electrons. The Balaban J connectivity index is -0.000000240. The van der Waals surface area contributed by atoms with E-state index in [9.17, 15) is 19.5 Å². The minimum atomic E-state index is -2.80. The van der Waals surface area contributed by atoms with Crippen molar-refractivity contribution >= 4 is 17.9 Å². The van der Waals surface area contributed by atoms with Crippen molar-refractivity contribution in [1.82, 2.24) is 12.3 Å².